The summed E-state index contributed by atoms with van der Waals surface area (Å²) < 4.78 is 5.71. The van der Waals surface area contributed by atoms with Crippen LogP contribution in [-0.4, -0.2) is 5.91 Å². The molecule has 27 heavy (non-hydrogen) atoms. The third-order valence-electron chi connectivity index (χ3n) is 5.27. The predicted molar refractivity (Wildman–Crippen MR) is 111 cm³/mol. The monoisotopic (exact) mass is 357 g/mol. The van der Waals surface area contributed by atoms with Crippen LogP contribution < -0.4 is 5.32 Å². The van der Waals surface area contributed by atoms with Crippen molar-refractivity contribution in [1.29, 1.82) is 0 Å². The van der Waals surface area contributed by atoms with Gasteiger partial charge < -0.3 is 9.73 Å². The zero-order valence-electron chi connectivity index (χ0n) is 15.7. The summed E-state index contributed by atoms with van der Waals surface area (Å²) in [5.74, 6) is 0.376. The van der Waals surface area contributed by atoms with Crippen LogP contribution >= 0.6 is 0 Å². The Hall–Kier alpha value is -3.07. The van der Waals surface area contributed by atoms with E-state index in [2.05, 4.69) is 37.4 Å². The fraction of sp³-hybridized carbons (Fsp3) is 0.208. The highest BCUT2D eigenvalue weighted by Crippen LogP contribution is 2.31. The van der Waals surface area contributed by atoms with Gasteiger partial charge in [0, 0.05) is 16.6 Å². The number of carbonyl (C=O) groups excluding carboxylic acids is 1. The molecular weight excluding hydrogens is 334 g/mol. The smallest absolute Gasteiger partial charge is 0.228 e. The summed E-state index contributed by atoms with van der Waals surface area (Å²) in [5, 5.41) is 6.39. The van der Waals surface area contributed by atoms with Crippen molar-refractivity contribution in [1.82, 2.24) is 0 Å². The highest BCUT2D eigenvalue weighted by atomic mass is 16.3. The number of anilines is 1. The molecule has 1 heterocycles. The molecule has 4 rings (SSSR count). The number of hydrogen-bond acceptors (Lipinski definition) is 2. The van der Waals surface area contributed by atoms with Gasteiger partial charge in [-0.25, -0.2) is 0 Å². The molecule has 0 unspecified atom stereocenters. The van der Waals surface area contributed by atoms with E-state index in [0.717, 1.165) is 39.4 Å². The molecule has 0 saturated carbocycles. The van der Waals surface area contributed by atoms with Crippen molar-refractivity contribution in [3.05, 3.63) is 78.1 Å². The Morgan fingerprint density at radius 3 is 2.67 bits per heavy atom. The summed E-state index contributed by atoms with van der Waals surface area (Å²) in [6.07, 6.45) is 3.03. The van der Waals surface area contributed by atoms with Crippen molar-refractivity contribution in [2.24, 2.45) is 0 Å². The molecule has 1 atom stereocenters. The van der Waals surface area contributed by atoms with Crippen LogP contribution in [-0.2, 0) is 11.2 Å². The van der Waals surface area contributed by atoms with Crippen LogP contribution in [0.5, 0.6) is 0 Å². The van der Waals surface area contributed by atoms with E-state index in [1.807, 2.05) is 42.5 Å². The van der Waals surface area contributed by atoms with Crippen LogP contribution in [0.2, 0.25) is 0 Å². The SMILES string of the molecule is CC[C@@H](C)c1ccccc1NC(=O)Cc1coc2ccc3ccccc3c12. The topological polar surface area (TPSA) is 42.2 Å². The second kappa shape index (κ2) is 7.28. The van der Waals surface area contributed by atoms with Gasteiger partial charge in [-0.05, 0) is 40.8 Å². The summed E-state index contributed by atoms with van der Waals surface area (Å²) in [6, 6.07) is 20.3. The first-order valence-electron chi connectivity index (χ1n) is 9.44. The second-order valence-electron chi connectivity index (χ2n) is 7.04. The fourth-order valence-electron chi connectivity index (χ4n) is 3.63. The van der Waals surface area contributed by atoms with E-state index in [4.69, 9.17) is 4.42 Å². The Bertz CT molecular complexity index is 1110. The fourth-order valence-corrected chi connectivity index (χ4v) is 3.63. The Kier molecular flexibility index (Phi) is 4.68. The molecule has 0 fully saturated rings. The molecular formula is C24H23NO2. The minimum Gasteiger partial charge on any atom is -0.464 e. The van der Waals surface area contributed by atoms with Gasteiger partial charge in [0.05, 0.1) is 12.7 Å². The Morgan fingerprint density at radius 2 is 1.81 bits per heavy atom. The summed E-state index contributed by atoms with van der Waals surface area (Å²) in [4.78, 5) is 12.8. The number of furan rings is 1. The van der Waals surface area contributed by atoms with E-state index in [0.29, 0.717) is 5.92 Å². The first kappa shape index (κ1) is 17.3. The number of hydrogen-bond donors (Lipinski definition) is 1. The molecule has 0 bridgehead atoms. The van der Waals surface area contributed by atoms with Crippen LogP contribution in [0.4, 0.5) is 5.69 Å². The highest BCUT2D eigenvalue weighted by molar-refractivity contribution is 6.09. The standard InChI is InChI=1S/C24H23NO2/c1-3-16(2)19-9-6-7-11-21(19)25-23(26)14-18-15-27-22-13-12-17-8-4-5-10-20(17)24(18)22/h4-13,15-16H,3,14H2,1-2H3,(H,25,26)/t16-/m1/s1. The lowest BCUT2D eigenvalue weighted by atomic mass is 9.96. The number of rotatable bonds is 5. The average Bonchev–Trinajstić information content (AvgIpc) is 3.11. The number of carbonyl (C=O) groups is 1. The van der Waals surface area contributed by atoms with Gasteiger partial charge in [-0.2, -0.15) is 0 Å². The van der Waals surface area contributed by atoms with Crippen LogP contribution in [0.3, 0.4) is 0 Å². The quantitative estimate of drug-likeness (QED) is 0.457. The molecule has 1 amide bonds. The first-order valence-corrected chi connectivity index (χ1v) is 9.44. The zero-order chi connectivity index (χ0) is 18.8. The lowest BCUT2D eigenvalue weighted by molar-refractivity contribution is -0.115. The third-order valence-corrected chi connectivity index (χ3v) is 5.27. The molecule has 4 aromatic rings. The van der Waals surface area contributed by atoms with Crippen LogP contribution in [0, 0.1) is 0 Å². The molecule has 0 radical (unpaired) electrons. The molecule has 3 aromatic carbocycles. The van der Waals surface area contributed by atoms with Gasteiger partial charge in [-0.15, -0.1) is 0 Å². The van der Waals surface area contributed by atoms with Gasteiger partial charge >= 0.3 is 0 Å². The summed E-state index contributed by atoms with van der Waals surface area (Å²) >= 11 is 0. The van der Waals surface area contributed by atoms with Crippen molar-refractivity contribution in [3.63, 3.8) is 0 Å². The van der Waals surface area contributed by atoms with Gasteiger partial charge in [0.15, 0.2) is 0 Å². The normalized spacial score (nSPS) is 12.4. The Balaban J connectivity index is 1.64. The number of para-hydroxylation sites is 1. The summed E-state index contributed by atoms with van der Waals surface area (Å²) in [5.41, 5.74) is 3.81. The molecule has 136 valence electrons. The molecule has 0 spiro atoms. The van der Waals surface area contributed by atoms with Gasteiger partial charge in [-0.3, -0.25) is 4.79 Å². The van der Waals surface area contributed by atoms with Crippen LogP contribution in [0.1, 0.15) is 37.3 Å². The average molecular weight is 357 g/mol. The first-order chi connectivity index (χ1) is 13.2. The lowest BCUT2D eigenvalue weighted by Crippen LogP contribution is -2.16. The molecule has 3 heteroatoms. The van der Waals surface area contributed by atoms with E-state index in [1.165, 1.54) is 5.56 Å². The lowest BCUT2D eigenvalue weighted by Gasteiger charge is -2.15. The maximum Gasteiger partial charge on any atom is 0.228 e. The maximum absolute atomic E-state index is 12.8. The van der Waals surface area contributed by atoms with Gasteiger partial charge in [0.25, 0.3) is 0 Å². The van der Waals surface area contributed by atoms with E-state index in [-0.39, 0.29) is 12.3 Å². The van der Waals surface area contributed by atoms with Crippen molar-refractivity contribution >= 4 is 33.3 Å². The van der Waals surface area contributed by atoms with Crippen molar-refractivity contribution < 1.29 is 9.21 Å². The predicted octanol–water partition coefficient (Wildman–Crippen LogP) is 6.28. The van der Waals surface area contributed by atoms with Crippen LogP contribution in [0.15, 0.2) is 71.3 Å². The zero-order valence-corrected chi connectivity index (χ0v) is 15.7. The third kappa shape index (κ3) is 3.33. The summed E-state index contributed by atoms with van der Waals surface area (Å²) in [6.45, 7) is 4.34. The highest BCUT2D eigenvalue weighted by Gasteiger charge is 2.15. The Morgan fingerprint density at radius 1 is 1.04 bits per heavy atom. The van der Waals surface area contributed by atoms with E-state index >= 15 is 0 Å². The molecule has 0 aliphatic heterocycles. The molecule has 0 saturated heterocycles. The van der Waals surface area contributed by atoms with E-state index < -0.39 is 0 Å². The van der Waals surface area contributed by atoms with Crippen molar-refractivity contribution in [2.45, 2.75) is 32.6 Å². The number of benzene rings is 3. The Labute approximate surface area is 159 Å². The van der Waals surface area contributed by atoms with Gasteiger partial charge in [0.1, 0.15) is 5.58 Å². The summed E-state index contributed by atoms with van der Waals surface area (Å²) in [7, 11) is 0. The molecule has 1 aromatic heterocycles. The number of fused-ring (bicyclic) bond motifs is 3. The van der Waals surface area contributed by atoms with Gasteiger partial charge in [-0.1, -0.05) is 62.4 Å². The van der Waals surface area contributed by atoms with Gasteiger partial charge in [0.2, 0.25) is 5.91 Å². The minimum absolute atomic E-state index is 0.0265. The molecule has 3 nitrogen and oxygen atoms in total. The molecule has 0 aliphatic rings. The minimum atomic E-state index is -0.0265. The number of nitrogens with one attached hydrogen (secondary N) is 1. The maximum atomic E-state index is 12.8. The van der Waals surface area contributed by atoms with Crippen molar-refractivity contribution in [2.75, 3.05) is 5.32 Å². The van der Waals surface area contributed by atoms with Crippen molar-refractivity contribution in [3.8, 4) is 0 Å². The number of amides is 1. The largest absolute Gasteiger partial charge is 0.464 e. The molecule has 1 N–H and O–H groups in total. The van der Waals surface area contributed by atoms with E-state index in [9.17, 15) is 4.79 Å². The van der Waals surface area contributed by atoms with Crippen LogP contribution in [0.25, 0.3) is 21.7 Å². The molecule has 0 aliphatic carbocycles. The van der Waals surface area contributed by atoms with E-state index in [1.54, 1.807) is 6.26 Å². The second-order valence-corrected chi connectivity index (χ2v) is 7.04.